The van der Waals surface area contributed by atoms with Gasteiger partial charge in [0.1, 0.15) is 11.4 Å². The zero-order valence-electron chi connectivity index (χ0n) is 16.9. The highest BCUT2D eigenvalue weighted by atomic mass is 35.5. The van der Waals surface area contributed by atoms with Crippen LogP contribution in [0.2, 0.25) is 5.02 Å². The molecule has 1 heterocycles. The first kappa shape index (κ1) is 20.9. The van der Waals surface area contributed by atoms with Crippen molar-refractivity contribution in [3.8, 4) is 5.75 Å². The maximum absolute atomic E-state index is 13.1. The minimum absolute atomic E-state index is 0.274. The van der Waals surface area contributed by atoms with Gasteiger partial charge in [-0.1, -0.05) is 43.6 Å². The maximum Gasteiger partial charge on any atom is 0.278 e. The smallest absolute Gasteiger partial charge is 0.278 e. The van der Waals surface area contributed by atoms with Crippen molar-refractivity contribution in [1.29, 1.82) is 0 Å². The standard InChI is InChI=1S/C23H25ClN2O3/c1-4-12-26-22(27)20(16-7-10-18(11-8-16)29-13-5-2)21(23(26)28)25-19-14-17(24)9-6-15(19)3/h6-11,14,25H,4-5,12-13H2,1-3H3. The number of anilines is 1. The van der Waals surface area contributed by atoms with Gasteiger partial charge < -0.3 is 10.1 Å². The summed E-state index contributed by atoms with van der Waals surface area (Å²) in [5.41, 5.74) is 2.94. The van der Waals surface area contributed by atoms with Gasteiger partial charge >= 0.3 is 0 Å². The van der Waals surface area contributed by atoms with E-state index in [1.807, 2.05) is 51.1 Å². The topological polar surface area (TPSA) is 58.6 Å². The van der Waals surface area contributed by atoms with Crippen molar-refractivity contribution in [2.24, 2.45) is 0 Å². The summed E-state index contributed by atoms with van der Waals surface area (Å²) < 4.78 is 5.62. The Morgan fingerprint density at radius 3 is 2.38 bits per heavy atom. The molecule has 3 rings (SSSR count). The van der Waals surface area contributed by atoms with E-state index in [1.165, 1.54) is 4.90 Å². The Labute approximate surface area is 176 Å². The third kappa shape index (κ3) is 4.46. The van der Waals surface area contributed by atoms with Crippen molar-refractivity contribution in [2.75, 3.05) is 18.5 Å². The molecule has 0 unspecified atom stereocenters. The summed E-state index contributed by atoms with van der Waals surface area (Å²) in [6.07, 6.45) is 1.61. The number of halogens is 1. The number of carbonyl (C=O) groups excluding carboxylic acids is 2. The Balaban J connectivity index is 2.02. The molecule has 6 heteroatoms. The van der Waals surface area contributed by atoms with E-state index in [9.17, 15) is 9.59 Å². The summed E-state index contributed by atoms with van der Waals surface area (Å²) >= 11 is 6.13. The van der Waals surface area contributed by atoms with Crippen LogP contribution in [0.15, 0.2) is 48.2 Å². The molecule has 0 aliphatic carbocycles. The molecule has 2 aromatic carbocycles. The van der Waals surface area contributed by atoms with Crippen LogP contribution in [0.5, 0.6) is 5.75 Å². The van der Waals surface area contributed by atoms with Gasteiger partial charge in [0.05, 0.1) is 12.2 Å². The summed E-state index contributed by atoms with van der Waals surface area (Å²) in [6, 6.07) is 12.7. The fourth-order valence-corrected chi connectivity index (χ4v) is 3.36. The minimum atomic E-state index is -0.322. The number of imide groups is 1. The van der Waals surface area contributed by atoms with Gasteiger partial charge in [-0.15, -0.1) is 0 Å². The van der Waals surface area contributed by atoms with E-state index in [0.717, 1.165) is 17.7 Å². The predicted molar refractivity (Wildman–Crippen MR) is 116 cm³/mol. The van der Waals surface area contributed by atoms with E-state index >= 15 is 0 Å². The Hall–Kier alpha value is -2.79. The average Bonchev–Trinajstić information content (AvgIpc) is 2.94. The van der Waals surface area contributed by atoms with Crippen molar-refractivity contribution >= 4 is 34.7 Å². The van der Waals surface area contributed by atoms with Crippen molar-refractivity contribution in [3.63, 3.8) is 0 Å². The molecule has 0 saturated heterocycles. The molecule has 2 aromatic rings. The average molecular weight is 413 g/mol. The summed E-state index contributed by atoms with van der Waals surface area (Å²) in [4.78, 5) is 27.4. The van der Waals surface area contributed by atoms with Crippen LogP contribution in [0.1, 0.15) is 37.8 Å². The molecule has 5 nitrogen and oxygen atoms in total. The molecule has 0 atom stereocenters. The molecule has 2 amide bonds. The van der Waals surface area contributed by atoms with E-state index in [4.69, 9.17) is 16.3 Å². The lowest BCUT2D eigenvalue weighted by molar-refractivity contribution is -0.136. The Kier molecular flexibility index (Phi) is 6.60. The first-order valence-electron chi connectivity index (χ1n) is 9.83. The van der Waals surface area contributed by atoms with Gasteiger partial charge in [-0.25, -0.2) is 0 Å². The molecule has 0 bridgehead atoms. The highest BCUT2D eigenvalue weighted by molar-refractivity contribution is 6.36. The van der Waals surface area contributed by atoms with Crippen LogP contribution in [0.4, 0.5) is 5.69 Å². The molecule has 152 valence electrons. The van der Waals surface area contributed by atoms with Crippen LogP contribution in [0, 0.1) is 6.92 Å². The third-order valence-electron chi connectivity index (χ3n) is 4.69. The zero-order valence-corrected chi connectivity index (χ0v) is 17.7. The number of amides is 2. The van der Waals surface area contributed by atoms with Crippen LogP contribution < -0.4 is 10.1 Å². The molecule has 0 fully saturated rings. The number of rotatable bonds is 8. The minimum Gasteiger partial charge on any atom is -0.494 e. The van der Waals surface area contributed by atoms with Crippen LogP contribution in [-0.2, 0) is 9.59 Å². The Morgan fingerprint density at radius 2 is 1.72 bits per heavy atom. The second-order valence-corrected chi connectivity index (χ2v) is 7.41. The highest BCUT2D eigenvalue weighted by Crippen LogP contribution is 2.32. The molecule has 1 N–H and O–H groups in total. The molecule has 29 heavy (non-hydrogen) atoms. The largest absolute Gasteiger partial charge is 0.494 e. The van der Waals surface area contributed by atoms with Gasteiger partial charge in [0, 0.05) is 17.3 Å². The van der Waals surface area contributed by atoms with Crippen molar-refractivity contribution in [1.82, 2.24) is 4.90 Å². The van der Waals surface area contributed by atoms with Crippen LogP contribution in [-0.4, -0.2) is 29.9 Å². The monoisotopic (exact) mass is 412 g/mol. The van der Waals surface area contributed by atoms with Crippen LogP contribution in [0.25, 0.3) is 5.57 Å². The number of benzene rings is 2. The maximum atomic E-state index is 13.1. The quantitative estimate of drug-likeness (QED) is 0.617. The lowest BCUT2D eigenvalue weighted by atomic mass is 10.0. The van der Waals surface area contributed by atoms with E-state index in [1.54, 1.807) is 12.1 Å². The SMILES string of the molecule is CCCOc1ccc(C2=C(Nc3cc(Cl)ccc3C)C(=O)N(CCC)C2=O)cc1. The number of aryl methyl sites for hydroxylation is 1. The van der Waals surface area contributed by atoms with Crippen LogP contribution in [0.3, 0.4) is 0 Å². The van der Waals surface area contributed by atoms with Crippen molar-refractivity contribution < 1.29 is 14.3 Å². The van der Waals surface area contributed by atoms with Gasteiger partial charge in [-0.05, 0) is 55.2 Å². The van der Waals surface area contributed by atoms with E-state index < -0.39 is 0 Å². The number of nitrogens with zero attached hydrogens (tertiary/aromatic N) is 1. The van der Waals surface area contributed by atoms with E-state index in [-0.39, 0.29) is 17.5 Å². The number of hydrogen-bond donors (Lipinski definition) is 1. The van der Waals surface area contributed by atoms with Gasteiger partial charge in [0.15, 0.2) is 0 Å². The van der Waals surface area contributed by atoms with E-state index in [0.29, 0.717) is 41.4 Å². The first-order valence-corrected chi connectivity index (χ1v) is 10.2. The summed E-state index contributed by atoms with van der Waals surface area (Å²) in [5, 5.41) is 3.72. The number of carbonyl (C=O) groups is 2. The first-order chi connectivity index (χ1) is 14.0. The Morgan fingerprint density at radius 1 is 1.00 bits per heavy atom. The lowest BCUT2D eigenvalue weighted by Gasteiger charge is -2.14. The molecule has 0 saturated carbocycles. The van der Waals surface area contributed by atoms with Gasteiger partial charge in [0.25, 0.3) is 11.8 Å². The zero-order chi connectivity index (χ0) is 21.0. The normalized spacial score (nSPS) is 14.0. The van der Waals surface area contributed by atoms with Crippen molar-refractivity contribution in [2.45, 2.75) is 33.6 Å². The highest BCUT2D eigenvalue weighted by Gasteiger charge is 2.38. The third-order valence-corrected chi connectivity index (χ3v) is 4.93. The van der Waals surface area contributed by atoms with E-state index in [2.05, 4.69) is 5.32 Å². The molecular weight excluding hydrogens is 388 g/mol. The fraction of sp³-hybridized carbons (Fsp3) is 0.304. The van der Waals surface area contributed by atoms with Crippen molar-refractivity contribution in [3.05, 3.63) is 64.3 Å². The summed E-state index contributed by atoms with van der Waals surface area (Å²) in [7, 11) is 0. The predicted octanol–water partition coefficient (Wildman–Crippen LogP) is 5.04. The van der Waals surface area contributed by atoms with Gasteiger partial charge in [0.2, 0.25) is 0 Å². The number of nitrogens with one attached hydrogen (secondary N) is 1. The molecule has 1 aliphatic heterocycles. The molecule has 1 aliphatic rings. The van der Waals surface area contributed by atoms with Gasteiger partial charge in [-0.3, -0.25) is 14.5 Å². The molecular formula is C23H25ClN2O3. The van der Waals surface area contributed by atoms with Gasteiger partial charge in [-0.2, -0.15) is 0 Å². The molecule has 0 spiro atoms. The second kappa shape index (κ2) is 9.14. The fourth-order valence-electron chi connectivity index (χ4n) is 3.19. The summed E-state index contributed by atoms with van der Waals surface area (Å²) in [6.45, 7) is 6.90. The Bertz CT molecular complexity index is 951. The lowest BCUT2D eigenvalue weighted by Crippen LogP contribution is -2.33. The molecule has 0 radical (unpaired) electrons. The molecule has 0 aromatic heterocycles. The number of hydrogen-bond acceptors (Lipinski definition) is 4. The van der Waals surface area contributed by atoms with Crippen LogP contribution >= 0.6 is 11.6 Å². The summed E-state index contributed by atoms with van der Waals surface area (Å²) in [5.74, 6) is 0.123. The second-order valence-electron chi connectivity index (χ2n) is 6.97. The number of ether oxygens (including phenoxy) is 1.